The summed E-state index contributed by atoms with van der Waals surface area (Å²) in [6.07, 6.45) is 1.60. The maximum atomic E-state index is 14.3. The first-order valence-electron chi connectivity index (χ1n) is 8.60. The Labute approximate surface area is 159 Å². The molecule has 0 spiro atoms. The molecule has 0 radical (unpaired) electrons. The van der Waals surface area contributed by atoms with Crippen LogP contribution in [0.3, 0.4) is 0 Å². The topological polar surface area (TPSA) is 35.2 Å². The van der Waals surface area contributed by atoms with Crippen LogP contribution in [-0.4, -0.2) is 12.6 Å². The molecule has 26 heavy (non-hydrogen) atoms. The minimum absolute atomic E-state index is 0. The molecule has 0 bridgehead atoms. The van der Waals surface area contributed by atoms with E-state index in [9.17, 15) is 4.39 Å². The van der Waals surface area contributed by atoms with Crippen LogP contribution in [0.5, 0.6) is 5.75 Å². The lowest BCUT2D eigenvalue weighted by molar-refractivity contribution is 0.182. The number of halogens is 2. The molecule has 2 nitrogen and oxygen atoms in total. The molecule has 0 fully saturated rings. The van der Waals surface area contributed by atoms with Crippen molar-refractivity contribution in [3.8, 4) is 28.0 Å². The zero-order chi connectivity index (χ0) is 17.2. The quantitative estimate of drug-likeness (QED) is 0.685. The molecule has 3 aromatic rings. The summed E-state index contributed by atoms with van der Waals surface area (Å²) < 4.78 is 20.4. The predicted molar refractivity (Wildman–Crippen MR) is 106 cm³/mol. The van der Waals surface area contributed by atoms with Gasteiger partial charge in [-0.2, -0.15) is 0 Å². The number of fused-ring (bicyclic) bond motifs is 1. The van der Waals surface area contributed by atoms with Gasteiger partial charge in [0, 0.05) is 12.1 Å². The molecule has 0 aliphatic carbocycles. The second-order valence-electron chi connectivity index (χ2n) is 6.37. The van der Waals surface area contributed by atoms with Gasteiger partial charge in [-0.05, 0) is 47.2 Å². The smallest absolute Gasteiger partial charge is 0.131 e. The molecule has 0 saturated heterocycles. The van der Waals surface area contributed by atoms with Gasteiger partial charge in [-0.1, -0.05) is 54.6 Å². The number of ether oxygens (including phenoxy) is 1. The van der Waals surface area contributed by atoms with Gasteiger partial charge in [0.25, 0.3) is 0 Å². The summed E-state index contributed by atoms with van der Waals surface area (Å²) in [7, 11) is 0. The minimum Gasteiger partial charge on any atom is -0.488 e. The van der Waals surface area contributed by atoms with Gasteiger partial charge in [0.2, 0.25) is 0 Å². The predicted octanol–water partition coefficient (Wildman–Crippen LogP) is 5.23. The Hall–Kier alpha value is -2.36. The van der Waals surface area contributed by atoms with Gasteiger partial charge in [0.15, 0.2) is 0 Å². The molecule has 0 unspecified atom stereocenters. The highest BCUT2D eigenvalue weighted by Crippen LogP contribution is 2.42. The van der Waals surface area contributed by atoms with Crippen LogP contribution in [0.15, 0.2) is 66.7 Å². The molecule has 0 saturated carbocycles. The van der Waals surface area contributed by atoms with Gasteiger partial charge >= 0.3 is 0 Å². The molecule has 4 rings (SSSR count). The van der Waals surface area contributed by atoms with Crippen molar-refractivity contribution in [3.05, 3.63) is 78.1 Å². The highest BCUT2D eigenvalue weighted by Gasteiger charge is 2.24. The lowest BCUT2D eigenvalue weighted by atomic mass is 9.90. The third-order valence-corrected chi connectivity index (χ3v) is 4.72. The van der Waals surface area contributed by atoms with Crippen molar-refractivity contribution in [1.82, 2.24) is 0 Å². The summed E-state index contributed by atoms with van der Waals surface area (Å²) in [4.78, 5) is 0. The SMILES string of the molecule is Cl.NC[C@H]1CCc2cc(F)cc(-c3ccccc3-c3ccccc3)c2O1. The highest BCUT2D eigenvalue weighted by atomic mass is 35.5. The van der Waals surface area contributed by atoms with E-state index in [1.54, 1.807) is 12.1 Å². The number of benzene rings is 3. The summed E-state index contributed by atoms with van der Waals surface area (Å²) in [6.45, 7) is 0.469. The molecule has 0 aromatic heterocycles. The molecular formula is C22H21ClFNO. The molecule has 3 aromatic carbocycles. The zero-order valence-corrected chi connectivity index (χ0v) is 15.1. The van der Waals surface area contributed by atoms with Crippen LogP contribution in [-0.2, 0) is 6.42 Å². The Kier molecular flexibility index (Phi) is 5.60. The van der Waals surface area contributed by atoms with Crippen LogP contribution in [0.1, 0.15) is 12.0 Å². The van der Waals surface area contributed by atoms with Crippen molar-refractivity contribution in [2.45, 2.75) is 18.9 Å². The summed E-state index contributed by atoms with van der Waals surface area (Å²) in [5.74, 6) is 0.540. The van der Waals surface area contributed by atoms with Gasteiger partial charge in [0.1, 0.15) is 17.7 Å². The van der Waals surface area contributed by atoms with Gasteiger partial charge in [0.05, 0.1) is 0 Å². The standard InChI is InChI=1S/C22H20FNO.ClH/c23-17-12-16-10-11-18(14-24)25-22(16)21(13-17)20-9-5-4-8-19(20)15-6-2-1-3-7-15;/h1-9,12-13,18H,10-11,14,24H2;1H/t18-;/m1./s1. The molecule has 134 valence electrons. The number of aryl methyl sites for hydroxylation is 1. The summed E-state index contributed by atoms with van der Waals surface area (Å²) in [5.41, 5.74) is 10.7. The Bertz CT molecular complexity index is 898. The summed E-state index contributed by atoms with van der Waals surface area (Å²) in [5, 5.41) is 0. The van der Waals surface area contributed by atoms with E-state index < -0.39 is 0 Å². The van der Waals surface area contributed by atoms with Gasteiger partial charge in [-0.15, -0.1) is 12.4 Å². The molecule has 1 aliphatic heterocycles. The molecule has 2 N–H and O–H groups in total. The van der Waals surface area contributed by atoms with E-state index in [0.29, 0.717) is 6.54 Å². The van der Waals surface area contributed by atoms with Crippen LogP contribution < -0.4 is 10.5 Å². The van der Waals surface area contributed by atoms with Gasteiger partial charge in [-0.25, -0.2) is 4.39 Å². The number of rotatable bonds is 3. The molecule has 4 heteroatoms. The Morgan fingerprint density at radius 1 is 0.923 bits per heavy atom. The normalized spacial score (nSPS) is 15.5. The molecule has 1 aliphatic rings. The summed E-state index contributed by atoms with van der Waals surface area (Å²) in [6, 6.07) is 21.3. The minimum atomic E-state index is -0.230. The van der Waals surface area contributed by atoms with Crippen molar-refractivity contribution >= 4 is 12.4 Å². The molecule has 0 amide bonds. The van der Waals surface area contributed by atoms with E-state index in [0.717, 1.165) is 46.4 Å². The third-order valence-electron chi connectivity index (χ3n) is 4.72. The summed E-state index contributed by atoms with van der Waals surface area (Å²) >= 11 is 0. The van der Waals surface area contributed by atoms with Crippen LogP contribution in [0.4, 0.5) is 4.39 Å². The van der Waals surface area contributed by atoms with Crippen molar-refractivity contribution < 1.29 is 9.13 Å². The van der Waals surface area contributed by atoms with E-state index in [-0.39, 0.29) is 24.3 Å². The van der Waals surface area contributed by atoms with E-state index >= 15 is 0 Å². The Morgan fingerprint density at radius 2 is 1.62 bits per heavy atom. The van der Waals surface area contributed by atoms with Crippen LogP contribution >= 0.6 is 12.4 Å². The molecule has 1 heterocycles. The fraction of sp³-hybridized carbons (Fsp3) is 0.182. The number of hydrogen-bond acceptors (Lipinski definition) is 2. The van der Waals surface area contributed by atoms with E-state index in [1.807, 2.05) is 36.4 Å². The van der Waals surface area contributed by atoms with Gasteiger partial charge in [-0.3, -0.25) is 0 Å². The second-order valence-corrected chi connectivity index (χ2v) is 6.37. The van der Waals surface area contributed by atoms with E-state index in [4.69, 9.17) is 10.5 Å². The van der Waals surface area contributed by atoms with Crippen LogP contribution in [0.25, 0.3) is 22.3 Å². The fourth-order valence-corrected chi connectivity index (χ4v) is 3.47. The second kappa shape index (κ2) is 7.90. The number of nitrogens with two attached hydrogens (primary N) is 1. The maximum absolute atomic E-state index is 14.3. The third kappa shape index (κ3) is 3.46. The van der Waals surface area contributed by atoms with Crippen molar-refractivity contribution in [1.29, 1.82) is 0 Å². The van der Waals surface area contributed by atoms with Crippen LogP contribution in [0.2, 0.25) is 0 Å². The largest absolute Gasteiger partial charge is 0.488 e. The lowest BCUT2D eigenvalue weighted by Crippen LogP contribution is -2.30. The first kappa shape index (κ1) is 18.4. The first-order chi connectivity index (χ1) is 12.3. The van der Waals surface area contributed by atoms with Crippen molar-refractivity contribution in [3.63, 3.8) is 0 Å². The van der Waals surface area contributed by atoms with E-state index in [2.05, 4.69) is 18.2 Å². The van der Waals surface area contributed by atoms with Crippen molar-refractivity contribution in [2.24, 2.45) is 5.73 Å². The fourth-order valence-electron chi connectivity index (χ4n) is 3.47. The Balaban J connectivity index is 0.00000196. The van der Waals surface area contributed by atoms with Crippen molar-refractivity contribution in [2.75, 3.05) is 6.54 Å². The lowest BCUT2D eigenvalue weighted by Gasteiger charge is -2.28. The number of hydrogen-bond donors (Lipinski definition) is 1. The van der Waals surface area contributed by atoms with Crippen LogP contribution in [0, 0.1) is 5.82 Å². The Morgan fingerprint density at radius 3 is 2.35 bits per heavy atom. The zero-order valence-electron chi connectivity index (χ0n) is 14.3. The van der Waals surface area contributed by atoms with Gasteiger partial charge < -0.3 is 10.5 Å². The average Bonchev–Trinajstić information content (AvgIpc) is 2.67. The first-order valence-corrected chi connectivity index (χ1v) is 8.60. The maximum Gasteiger partial charge on any atom is 0.131 e. The highest BCUT2D eigenvalue weighted by molar-refractivity contribution is 5.86. The molecule has 1 atom stereocenters. The monoisotopic (exact) mass is 369 g/mol. The average molecular weight is 370 g/mol. The molecular weight excluding hydrogens is 349 g/mol. The van der Waals surface area contributed by atoms with E-state index in [1.165, 1.54) is 0 Å².